The van der Waals surface area contributed by atoms with Gasteiger partial charge < -0.3 is 15.5 Å². The van der Waals surface area contributed by atoms with Gasteiger partial charge in [0.1, 0.15) is 11.5 Å². The summed E-state index contributed by atoms with van der Waals surface area (Å²) in [6.07, 6.45) is 2.22. The summed E-state index contributed by atoms with van der Waals surface area (Å²) in [7, 11) is 2.02. The maximum Gasteiger partial charge on any atom is 0.119 e. The van der Waals surface area contributed by atoms with E-state index in [1.807, 2.05) is 7.05 Å². The first-order valence-electron chi connectivity index (χ1n) is 6.89. The molecule has 1 aromatic carbocycles. The second-order valence-corrected chi connectivity index (χ2v) is 5.81. The maximum atomic E-state index is 9.57. The topological polar surface area (TPSA) is 55.7 Å². The molecule has 0 radical (unpaired) electrons. The van der Waals surface area contributed by atoms with E-state index in [0.29, 0.717) is 0 Å². The predicted molar refractivity (Wildman–Crippen MR) is 76.5 cm³/mol. The number of likely N-dealkylation sites (tertiary alicyclic amines) is 1. The van der Waals surface area contributed by atoms with Crippen molar-refractivity contribution in [2.75, 3.05) is 20.1 Å². The lowest BCUT2D eigenvalue weighted by molar-refractivity contribution is 0.117. The van der Waals surface area contributed by atoms with Gasteiger partial charge in [-0.25, -0.2) is 0 Å². The summed E-state index contributed by atoms with van der Waals surface area (Å²) >= 11 is 0. The van der Waals surface area contributed by atoms with E-state index in [9.17, 15) is 10.2 Å². The fourth-order valence-corrected chi connectivity index (χ4v) is 2.72. The van der Waals surface area contributed by atoms with Crippen LogP contribution in [0, 0.1) is 0 Å². The van der Waals surface area contributed by atoms with E-state index in [0.717, 1.165) is 31.5 Å². The van der Waals surface area contributed by atoms with Gasteiger partial charge in [-0.15, -0.1) is 0 Å². The first-order valence-corrected chi connectivity index (χ1v) is 6.89. The van der Waals surface area contributed by atoms with Gasteiger partial charge in [0.05, 0.1) is 0 Å². The highest BCUT2D eigenvalue weighted by molar-refractivity contribution is 5.38. The minimum Gasteiger partial charge on any atom is -0.508 e. The van der Waals surface area contributed by atoms with Crippen LogP contribution in [0.2, 0.25) is 0 Å². The first kappa shape index (κ1) is 14.2. The summed E-state index contributed by atoms with van der Waals surface area (Å²) in [5, 5.41) is 22.5. The molecule has 1 unspecified atom stereocenters. The molecule has 1 atom stereocenters. The SMILES string of the molecule is CNC1(C)CCN(C(C)c2cc(O)cc(O)c2)CC1. The van der Waals surface area contributed by atoms with Gasteiger partial charge in [0.15, 0.2) is 0 Å². The van der Waals surface area contributed by atoms with Gasteiger partial charge in [-0.2, -0.15) is 0 Å². The first-order chi connectivity index (χ1) is 8.93. The fourth-order valence-electron chi connectivity index (χ4n) is 2.72. The Labute approximate surface area is 115 Å². The second kappa shape index (κ2) is 5.39. The molecule has 0 aliphatic carbocycles. The Morgan fingerprint density at radius 1 is 1.16 bits per heavy atom. The van der Waals surface area contributed by atoms with Gasteiger partial charge >= 0.3 is 0 Å². The largest absolute Gasteiger partial charge is 0.508 e. The summed E-state index contributed by atoms with van der Waals surface area (Å²) in [5.41, 5.74) is 1.20. The lowest BCUT2D eigenvalue weighted by Crippen LogP contribution is -2.50. The Kier molecular flexibility index (Phi) is 4.02. The Hall–Kier alpha value is -1.26. The van der Waals surface area contributed by atoms with Crippen LogP contribution in [0.1, 0.15) is 38.3 Å². The molecule has 0 amide bonds. The van der Waals surface area contributed by atoms with Gasteiger partial charge in [0.2, 0.25) is 0 Å². The van der Waals surface area contributed by atoms with Gasteiger partial charge in [-0.1, -0.05) is 0 Å². The molecule has 2 rings (SSSR count). The fraction of sp³-hybridized carbons (Fsp3) is 0.600. The summed E-state index contributed by atoms with van der Waals surface area (Å²) in [4.78, 5) is 2.40. The number of aromatic hydroxyl groups is 2. The number of phenolic OH excluding ortho intramolecular Hbond substituents is 2. The van der Waals surface area contributed by atoms with Crippen LogP contribution in [0.5, 0.6) is 11.5 Å². The second-order valence-electron chi connectivity index (χ2n) is 5.81. The van der Waals surface area contributed by atoms with Gasteiger partial charge in [-0.05, 0) is 51.4 Å². The zero-order chi connectivity index (χ0) is 14.0. The average molecular weight is 264 g/mol. The number of phenols is 2. The monoisotopic (exact) mass is 264 g/mol. The number of nitrogens with zero attached hydrogens (tertiary/aromatic N) is 1. The van der Waals surface area contributed by atoms with Crippen molar-refractivity contribution >= 4 is 0 Å². The highest BCUT2D eigenvalue weighted by Gasteiger charge is 2.30. The molecular formula is C15H24N2O2. The molecule has 1 saturated heterocycles. The van der Waals surface area contributed by atoms with E-state index in [1.165, 1.54) is 6.07 Å². The smallest absolute Gasteiger partial charge is 0.119 e. The van der Waals surface area contributed by atoms with Crippen molar-refractivity contribution in [1.82, 2.24) is 10.2 Å². The van der Waals surface area contributed by atoms with Crippen LogP contribution < -0.4 is 5.32 Å². The van der Waals surface area contributed by atoms with Crippen molar-refractivity contribution in [2.45, 2.75) is 38.3 Å². The Morgan fingerprint density at radius 2 is 1.68 bits per heavy atom. The van der Waals surface area contributed by atoms with Crippen LogP contribution in [-0.4, -0.2) is 40.8 Å². The van der Waals surface area contributed by atoms with Crippen molar-refractivity contribution in [3.63, 3.8) is 0 Å². The number of benzene rings is 1. The minimum absolute atomic E-state index is 0.124. The van der Waals surface area contributed by atoms with Gasteiger partial charge in [0, 0.05) is 30.7 Å². The number of hydrogen-bond acceptors (Lipinski definition) is 4. The molecule has 1 aromatic rings. The molecule has 1 aliphatic heterocycles. The lowest BCUT2D eigenvalue weighted by atomic mass is 9.88. The number of piperidine rings is 1. The van der Waals surface area contributed by atoms with E-state index < -0.39 is 0 Å². The van der Waals surface area contributed by atoms with Gasteiger partial charge in [0.25, 0.3) is 0 Å². The van der Waals surface area contributed by atoms with Crippen LogP contribution in [0.15, 0.2) is 18.2 Å². The molecule has 0 bridgehead atoms. The van der Waals surface area contributed by atoms with E-state index in [4.69, 9.17) is 0 Å². The van der Waals surface area contributed by atoms with Crippen molar-refractivity contribution in [1.29, 1.82) is 0 Å². The van der Waals surface area contributed by atoms with E-state index >= 15 is 0 Å². The molecule has 106 valence electrons. The third-order valence-electron chi connectivity index (χ3n) is 4.46. The lowest BCUT2D eigenvalue weighted by Gasteiger charge is -2.42. The molecule has 1 aliphatic rings. The number of hydrogen-bond donors (Lipinski definition) is 3. The maximum absolute atomic E-state index is 9.57. The van der Waals surface area contributed by atoms with Crippen LogP contribution in [-0.2, 0) is 0 Å². The molecule has 3 N–H and O–H groups in total. The standard InChI is InChI=1S/C15H24N2O2/c1-11(12-8-13(18)10-14(19)9-12)17-6-4-15(2,16-3)5-7-17/h8-11,16,18-19H,4-7H2,1-3H3. The molecule has 4 nitrogen and oxygen atoms in total. The van der Waals surface area contributed by atoms with E-state index in [1.54, 1.807) is 12.1 Å². The van der Waals surface area contributed by atoms with Crippen molar-refractivity contribution in [3.8, 4) is 11.5 Å². The highest BCUT2D eigenvalue weighted by atomic mass is 16.3. The average Bonchev–Trinajstić information content (AvgIpc) is 2.38. The third kappa shape index (κ3) is 3.19. The minimum atomic E-state index is 0.124. The number of nitrogens with one attached hydrogen (secondary N) is 1. The van der Waals surface area contributed by atoms with Crippen LogP contribution >= 0.6 is 0 Å². The Morgan fingerprint density at radius 3 is 2.16 bits per heavy atom. The summed E-state index contributed by atoms with van der Waals surface area (Å²) in [5.74, 6) is 0.248. The zero-order valence-corrected chi connectivity index (χ0v) is 12.0. The molecular weight excluding hydrogens is 240 g/mol. The number of rotatable bonds is 3. The predicted octanol–water partition coefficient (Wildman–Crippen LogP) is 2.23. The van der Waals surface area contributed by atoms with Crippen LogP contribution in [0.3, 0.4) is 0 Å². The zero-order valence-electron chi connectivity index (χ0n) is 12.0. The summed E-state index contributed by atoms with van der Waals surface area (Å²) < 4.78 is 0. The molecule has 0 saturated carbocycles. The molecule has 19 heavy (non-hydrogen) atoms. The van der Waals surface area contributed by atoms with Crippen molar-refractivity contribution in [3.05, 3.63) is 23.8 Å². The molecule has 0 spiro atoms. The summed E-state index contributed by atoms with van der Waals surface area (Å²) in [6, 6.07) is 5.04. The Balaban J connectivity index is 2.07. The van der Waals surface area contributed by atoms with Gasteiger partial charge in [-0.3, -0.25) is 4.90 Å². The summed E-state index contributed by atoms with van der Waals surface area (Å²) in [6.45, 7) is 6.43. The highest BCUT2D eigenvalue weighted by Crippen LogP contribution is 2.31. The quantitative estimate of drug-likeness (QED) is 0.783. The molecule has 1 heterocycles. The van der Waals surface area contributed by atoms with Crippen LogP contribution in [0.4, 0.5) is 0 Å². The molecule has 4 heteroatoms. The molecule has 1 fully saturated rings. The van der Waals surface area contributed by atoms with Crippen molar-refractivity contribution < 1.29 is 10.2 Å². The van der Waals surface area contributed by atoms with Crippen LogP contribution in [0.25, 0.3) is 0 Å². The van der Waals surface area contributed by atoms with E-state index in [-0.39, 0.29) is 23.1 Å². The Bertz CT molecular complexity index is 420. The van der Waals surface area contributed by atoms with E-state index in [2.05, 4.69) is 24.1 Å². The van der Waals surface area contributed by atoms with Crippen molar-refractivity contribution in [2.24, 2.45) is 0 Å². The normalized spacial score (nSPS) is 21.2. The molecule has 0 aromatic heterocycles. The third-order valence-corrected chi connectivity index (χ3v) is 4.46.